The molecule has 70 valence electrons. The first kappa shape index (κ1) is 9.70. The second kappa shape index (κ2) is 3.55. The van der Waals surface area contributed by atoms with Crippen LogP contribution in [0.25, 0.3) is 0 Å². The van der Waals surface area contributed by atoms with Crippen molar-refractivity contribution in [1.29, 1.82) is 0 Å². The number of alkyl halides is 2. The van der Waals surface area contributed by atoms with Crippen molar-refractivity contribution in [2.75, 3.05) is 0 Å². The fraction of sp³-hybridized carbons (Fsp3) is 0.250. The number of rotatable bonds is 2. The minimum Gasteiger partial charge on any atom is -0.296 e. The number of halogens is 3. The predicted octanol–water partition coefficient (Wildman–Crippen LogP) is 2.28. The Morgan fingerprint density at radius 2 is 2.15 bits per heavy atom. The van der Waals surface area contributed by atoms with Gasteiger partial charge in [0.1, 0.15) is 17.2 Å². The molecule has 1 rings (SSSR count). The van der Waals surface area contributed by atoms with Crippen LogP contribution >= 0.6 is 0 Å². The van der Waals surface area contributed by atoms with Gasteiger partial charge in [-0.1, -0.05) is 0 Å². The molecular weight excluding hydrogens is 183 g/mol. The largest absolute Gasteiger partial charge is 0.296 e. The van der Waals surface area contributed by atoms with E-state index in [0.29, 0.717) is 6.07 Å². The third-order valence-electron chi connectivity index (χ3n) is 1.60. The molecule has 0 aliphatic carbocycles. The van der Waals surface area contributed by atoms with Crippen molar-refractivity contribution in [3.63, 3.8) is 0 Å². The number of carbonyl (C=O) groups is 1. The van der Waals surface area contributed by atoms with Gasteiger partial charge in [0.05, 0.1) is 0 Å². The number of pyridine rings is 1. The maximum Gasteiger partial charge on any atom is 0.280 e. The lowest BCUT2D eigenvalue weighted by atomic mass is 10.2. The minimum atomic E-state index is -2.87. The molecule has 1 aromatic rings. The third kappa shape index (κ3) is 1.85. The Morgan fingerprint density at radius 1 is 1.54 bits per heavy atom. The molecule has 0 aliphatic heterocycles. The number of hydrogen-bond donors (Lipinski definition) is 0. The SMILES string of the molecule is Cc1c(F)cc(C(F)F)nc1C=O. The molecule has 1 heterocycles. The average Bonchev–Trinajstić information content (AvgIpc) is 2.09. The highest BCUT2D eigenvalue weighted by atomic mass is 19.3. The van der Waals surface area contributed by atoms with Crippen LogP contribution in [0.1, 0.15) is 28.2 Å². The van der Waals surface area contributed by atoms with Crippen LogP contribution in [0.3, 0.4) is 0 Å². The van der Waals surface area contributed by atoms with E-state index in [1.807, 2.05) is 0 Å². The van der Waals surface area contributed by atoms with Crippen molar-refractivity contribution in [3.8, 4) is 0 Å². The molecule has 0 radical (unpaired) electrons. The van der Waals surface area contributed by atoms with Gasteiger partial charge in [-0.05, 0) is 6.92 Å². The predicted molar refractivity (Wildman–Crippen MR) is 39.3 cm³/mol. The monoisotopic (exact) mass is 189 g/mol. The number of aldehydes is 1. The fourth-order valence-electron chi connectivity index (χ4n) is 0.842. The summed E-state index contributed by atoms with van der Waals surface area (Å²) in [7, 11) is 0. The molecule has 0 bridgehead atoms. The first-order valence-corrected chi connectivity index (χ1v) is 3.46. The third-order valence-corrected chi connectivity index (χ3v) is 1.60. The molecule has 0 atom stereocenters. The molecule has 0 spiro atoms. The highest BCUT2D eigenvalue weighted by molar-refractivity contribution is 5.74. The molecule has 0 N–H and O–H groups in total. The normalized spacial score (nSPS) is 10.5. The Kier molecular flexibility index (Phi) is 2.65. The molecule has 13 heavy (non-hydrogen) atoms. The molecule has 0 fully saturated rings. The lowest BCUT2D eigenvalue weighted by molar-refractivity contribution is 0.111. The van der Waals surface area contributed by atoms with Crippen LogP contribution in [0, 0.1) is 12.7 Å². The standard InChI is InChI=1S/C8H6F3NO/c1-4-5(9)2-6(8(10)11)12-7(4)3-13/h2-3,8H,1H3. The number of carbonyl (C=O) groups excluding carboxylic acids is 1. The molecule has 0 aliphatic rings. The summed E-state index contributed by atoms with van der Waals surface area (Å²) in [4.78, 5) is 13.6. The van der Waals surface area contributed by atoms with Crippen LogP contribution in [-0.4, -0.2) is 11.3 Å². The zero-order valence-electron chi connectivity index (χ0n) is 6.72. The number of hydrogen-bond acceptors (Lipinski definition) is 2. The fourth-order valence-corrected chi connectivity index (χ4v) is 0.842. The second-order valence-corrected chi connectivity index (χ2v) is 2.46. The van der Waals surface area contributed by atoms with Gasteiger partial charge in [0.25, 0.3) is 6.43 Å². The topological polar surface area (TPSA) is 30.0 Å². The van der Waals surface area contributed by atoms with Crippen LogP contribution < -0.4 is 0 Å². The Hall–Kier alpha value is -1.39. The van der Waals surface area contributed by atoms with E-state index in [-0.39, 0.29) is 17.5 Å². The molecular formula is C8H6F3NO. The molecule has 0 saturated heterocycles. The van der Waals surface area contributed by atoms with Crippen LogP contribution in [0.2, 0.25) is 0 Å². The Morgan fingerprint density at radius 3 is 2.62 bits per heavy atom. The lowest BCUT2D eigenvalue weighted by Crippen LogP contribution is -2.01. The Bertz CT molecular complexity index is 338. The summed E-state index contributed by atoms with van der Waals surface area (Å²) < 4.78 is 37.0. The van der Waals surface area contributed by atoms with E-state index in [1.165, 1.54) is 6.92 Å². The van der Waals surface area contributed by atoms with Gasteiger partial charge in [-0.25, -0.2) is 18.2 Å². The first-order chi connectivity index (χ1) is 6.06. The van der Waals surface area contributed by atoms with E-state index in [1.54, 1.807) is 0 Å². The summed E-state index contributed by atoms with van der Waals surface area (Å²) in [6, 6.07) is 0.632. The van der Waals surface area contributed by atoms with Crippen molar-refractivity contribution >= 4 is 6.29 Å². The van der Waals surface area contributed by atoms with Gasteiger partial charge in [-0.2, -0.15) is 0 Å². The highest BCUT2D eigenvalue weighted by Gasteiger charge is 2.14. The van der Waals surface area contributed by atoms with Gasteiger partial charge in [0, 0.05) is 11.6 Å². The molecule has 2 nitrogen and oxygen atoms in total. The van der Waals surface area contributed by atoms with Crippen molar-refractivity contribution in [2.45, 2.75) is 13.3 Å². The van der Waals surface area contributed by atoms with Crippen LogP contribution in [0.5, 0.6) is 0 Å². The van der Waals surface area contributed by atoms with Crippen molar-refractivity contribution in [2.24, 2.45) is 0 Å². The Balaban J connectivity index is 3.30. The van der Waals surface area contributed by atoms with Gasteiger partial charge >= 0.3 is 0 Å². The lowest BCUT2D eigenvalue weighted by Gasteiger charge is -2.03. The first-order valence-electron chi connectivity index (χ1n) is 3.46. The van der Waals surface area contributed by atoms with Crippen LogP contribution in [-0.2, 0) is 0 Å². The quantitative estimate of drug-likeness (QED) is 0.668. The van der Waals surface area contributed by atoms with Gasteiger partial charge in [-0.3, -0.25) is 4.79 Å². The maximum absolute atomic E-state index is 12.9. The Labute approximate surface area is 72.4 Å². The van der Waals surface area contributed by atoms with E-state index >= 15 is 0 Å². The average molecular weight is 189 g/mol. The summed E-state index contributed by atoms with van der Waals surface area (Å²) in [5.41, 5.74) is -1.01. The summed E-state index contributed by atoms with van der Waals surface area (Å²) in [6.07, 6.45) is -2.61. The number of nitrogens with zero attached hydrogens (tertiary/aromatic N) is 1. The molecule has 0 amide bonds. The van der Waals surface area contributed by atoms with Crippen molar-refractivity contribution in [1.82, 2.24) is 4.98 Å². The van der Waals surface area contributed by atoms with Crippen LogP contribution in [0.4, 0.5) is 13.2 Å². The van der Waals surface area contributed by atoms with E-state index < -0.39 is 17.9 Å². The van der Waals surface area contributed by atoms with E-state index in [0.717, 1.165) is 0 Å². The van der Waals surface area contributed by atoms with E-state index in [2.05, 4.69) is 4.98 Å². The summed E-state index contributed by atoms with van der Waals surface area (Å²) >= 11 is 0. The van der Waals surface area contributed by atoms with Gasteiger partial charge in [0.2, 0.25) is 0 Å². The smallest absolute Gasteiger partial charge is 0.280 e. The van der Waals surface area contributed by atoms with Crippen molar-refractivity contribution < 1.29 is 18.0 Å². The molecule has 0 saturated carbocycles. The molecule has 1 aromatic heterocycles. The maximum atomic E-state index is 12.9. The number of aromatic nitrogens is 1. The molecule has 0 aromatic carbocycles. The van der Waals surface area contributed by atoms with Gasteiger partial charge < -0.3 is 0 Å². The zero-order valence-corrected chi connectivity index (χ0v) is 6.72. The van der Waals surface area contributed by atoms with E-state index in [4.69, 9.17) is 0 Å². The highest BCUT2D eigenvalue weighted by Crippen LogP contribution is 2.19. The zero-order chi connectivity index (χ0) is 10.0. The van der Waals surface area contributed by atoms with Crippen LogP contribution in [0.15, 0.2) is 6.07 Å². The molecule has 5 heteroatoms. The summed E-state index contributed by atoms with van der Waals surface area (Å²) in [5, 5.41) is 0. The second-order valence-electron chi connectivity index (χ2n) is 2.46. The van der Waals surface area contributed by atoms with Crippen molar-refractivity contribution in [3.05, 3.63) is 28.8 Å². The van der Waals surface area contributed by atoms with Gasteiger partial charge in [0.15, 0.2) is 6.29 Å². The van der Waals surface area contributed by atoms with E-state index in [9.17, 15) is 18.0 Å². The van der Waals surface area contributed by atoms with Gasteiger partial charge in [-0.15, -0.1) is 0 Å². The summed E-state index contributed by atoms with van der Waals surface area (Å²) in [6.45, 7) is 1.31. The minimum absolute atomic E-state index is 0.0144. The molecule has 0 unspecified atom stereocenters. The summed E-state index contributed by atoms with van der Waals surface area (Å²) in [5.74, 6) is -0.840.